The Morgan fingerprint density at radius 3 is 2.62 bits per heavy atom. The lowest BCUT2D eigenvalue weighted by molar-refractivity contribution is 0.584. The van der Waals surface area contributed by atoms with E-state index >= 15 is 0 Å². The van der Waals surface area contributed by atoms with E-state index in [1.54, 1.807) is 0 Å². The van der Waals surface area contributed by atoms with Gasteiger partial charge in [0.15, 0.2) is 0 Å². The summed E-state index contributed by atoms with van der Waals surface area (Å²) in [6.07, 6.45) is 1.69. The van der Waals surface area contributed by atoms with Crippen LogP contribution in [0.5, 0.6) is 0 Å². The van der Waals surface area contributed by atoms with Crippen LogP contribution in [0.4, 0.5) is 0 Å². The average molecular weight is 415 g/mol. The first-order valence-corrected chi connectivity index (χ1v) is 8.82. The molecule has 2 N–H and O–H groups in total. The van der Waals surface area contributed by atoms with E-state index in [2.05, 4.69) is 75.9 Å². The molecule has 3 nitrogen and oxygen atoms in total. The lowest BCUT2D eigenvalue weighted by Gasteiger charge is -2.16. The van der Waals surface area contributed by atoms with E-state index in [4.69, 9.17) is 5.73 Å². The van der Waals surface area contributed by atoms with Crippen molar-refractivity contribution in [2.75, 3.05) is 0 Å². The second kappa shape index (κ2) is 7.07. The van der Waals surface area contributed by atoms with Gasteiger partial charge in [0.25, 0.3) is 0 Å². The summed E-state index contributed by atoms with van der Waals surface area (Å²) >= 11 is 7.29. The maximum absolute atomic E-state index is 6.45. The van der Waals surface area contributed by atoms with Crippen molar-refractivity contribution in [1.29, 1.82) is 0 Å². The summed E-state index contributed by atoms with van der Waals surface area (Å²) in [7, 11) is 0. The molecule has 1 heterocycles. The largest absolute Gasteiger partial charge is 0.324 e. The molecule has 1 aromatic carbocycles. The summed E-state index contributed by atoms with van der Waals surface area (Å²) in [6.45, 7) is 7.17. The standard InChI is InChI=1S/C16H21Br2N3/c1-4-14-16(18)15(21(5-2)20-14)9-13(19)11-8-10(3)6-7-12(11)17/h6-8,13H,4-5,9,19H2,1-3H3. The first kappa shape index (κ1) is 16.7. The molecule has 1 unspecified atom stereocenters. The van der Waals surface area contributed by atoms with Crippen molar-refractivity contribution in [3.8, 4) is 0 Å². The number of nitrogens with two attached hydrogens (primary N) is 1. The van der Waals surface area contributed by atoms with Crippen LogP contribution >= 0.6 is 31.9 Å². The van der Waals surface area contributed by atoms with E-state index in [0.717, 1.165) is 39.6 Å². The number of hydrogen-bond acceptors (Lipinski definition) is 2. The molecule has 2 aromatic rings. The van der Waals surface area contributed by atoms with Gasteiger partial charge in [-0.1, -0.05) is 40.5 Å². The minimum absolute atomic E-state index is 0.0534. The van der Waals surface area contributed by atoms with Crippen molar-refractivity contribution < 1.29 is 0 Å². The molecule has 21 heavy (non-hydrogen) atoms. The van der Waals surface area contributed by atoms with Crippen LogP contribution in [0.2, 0.25) is 0 Å². The minimum Gasteiger partial charge on any atom is -0.324 e. The highest BCUT2D eigenvalue weighted by atomic mass is 79.9. The van der Waals surface area contributed by atoms with Gasteiger partial charge < -0.3 is 5.73 Å². The van der Waals surface area contributed by atoms with E-state index < -0.39 is 0 Å². The number of aryl methyl sites for hydroxylation is 3. The molecule has 0 aliphatic rings. The lowest BCUT2D eigenvalue weighted by atomic mass is 10.0. The topological polar surface area (TPSA) is 43.8 Å². The number of halogens is 2. The summed E-state index contributed by atoms with van der Waals surface area (Å²) < 4.78 is 4.22. The predicted molar refractivity (Wildman–Crippen MR) is 94.5 cm³/mol. The Labute approximate surface area is 143 Å². The van der Waals surface area contributed by atoms with Gasteiger partial charge in [0.2, 0.25) is 0 Å². The van der Waals surface area contributed by atoms with Gasteiger partial charge in [-0.05, 0) is 47.8 Å². The molecule has 0 fully saturated rings. The Morgan fingerprint density at radius 1 is 1.29 bits per heavy atom. The van der Waals surface area contributed by atoms with Gasteiger partial charge in [0.05, 0.1) is 15.9 Å². The fourth-order valence-corrected chi connectivity index (χ4v) is 3.74. The Balaban J connectivity index is 2.33. The Morgan fingerprint density at radius 2 is 2.00 bits per heavy atom. The quantitative estimate of drug-likeness (QED) is 0.780. The van der Waals surface area contributed by atoms with Crippen LogP contribution in [-0.4, -0.2) is 9.78 Å². The third-order valence-electron chi connectivity index (χ3n) is 3.66. The number of benzene rings is 1. The highest BCUT2D eigenvalue weighted by molar-refractivity contribution is 9.10. The Bertz CT molecular complexity index is 635. The third kappa shape index (κ3) is 3.58. The Kier molecular flexibility index (Phi) is 5.63. The molecule has 0 aliphatic heterocycles. The van der Waals surface area contributed by atoms with Gasteiger partial charge in [-0.2, -0.15) is 5.10 Å². The molecule has 0 spiro atoms. The SMILES string of the molecule is CCc1nn(CC)c(CC(N)c2cc(C)ccc2Br)c1Br. The molecule has 0 amide bonds. The van der Waals surface area contributed by atoms with E-state index in [0.29, 0.717) is 0 Å². The fourth-order valence-electron chi connectivity index (χ4n) is 2.48. The predicted octanol–water partition coefficient (Wildman–Crippen LogP) is 4.54. The maximum Gasteiger partial charge on any atom is 0.0766 e. The molecule has 2 rings (SSSR count). The maximum atomic E-state index is 6.45. The summed E-state index contributed by atoms with van der Waals surface area (Å²) in [5, 5.41) is 4.64. The van der Waals surface area contributed by atoms with Crippen molar-refractivity contribution in [3.63, 3.8) is 0 Å². The summed E-state index contributed by atoms with van der Waals surface area (Å²) in [5.41, 5.74) is 11.1. The van der Waals surface area contributed by atoms with Gasteiger partial charge >= 0.3 is 0 Å². The van der Waals surface area contributed by atoms with Crippen molar-refractivity contribution in [1.82, 2.24) is 9.78 Å². The first-order chi connectivity index (χ1) is 9.97. The van der Waals surface area contributed by atoms with Crippen molar-refractivity contribution in [2.45, 2.75) is 46.2 Å². The van der Waals surface area contributed by atoms with Crippen LogP contribution in [0.1, 0.15) is 42.4 Å². The fraction of sp³-hybridized carbons (Fsp3) is 0.438. The molecule has 0 bridgehead atoms. The van der Waals surface area contributed by atoms with Crippen molar-refractivity contribution in [2.24, 2.45) is 5.73 Å². The van der Waals surface area contributed by atoms with Crippen molar-refractivity contribution >= 4 is 31.9 Å². The number of rotatable bonds is 5. The van der Waals surface area contributed by atoms with Gasteiger partial charge in [-0.25, -0.2) is 0 Å². The molecular formula is C16H21Br2N3. The average Bonchev–Trinajstić information content (AvgIpc) is 2.77. The lowest BCUT2D eigenvalue weighted by Crippen LogP contribution is -2.17. The van der Waals surface area contributed by atoms with E-state index in [-0.39, 0.29) is 6.04 Å². The molecule has 0 aliphatic carbocycles. The molecule has 1 atom stereocenters. The normalized spacial score (nSPS) is 12.7. The van der Waals surface area contributed by atoms with E-state index in [1.807, 2.05) is 4.68 Å². The summed E-state index contributed by atoms with van der Waals surface area (Å²) in [4.78, 5) is 0. The zero-order chi connectivity index (χ0) is 15.6. The zero-order valence-electron chi connectivity index (χ0n) is 12.7. The van der Waals surface area contributed by atoms with Gasteiger partial charge in [-0.3, -0.25) is 4.68 Å². The number of nitrogens with zero attached hydrogens (tertiary/aromatic N) is 2. The van der Waals surface area contributed by atoms with Gasteiger partial charge in [-0.15, -0.1) is 0 Å². The molecule has 0 saturated carbocycles. The second-order valence-corrected chi connectivity index (χ2v) is 6.86. The molecule has 0 radical (unpaired) electrons. The minimum atomic E-state index is -0.0534. The Hall–Kier alpha value is -0.650. The van der Waals surface area contributed by atoms with E-state index in [1.165, 1.54) is 11.3 Å². The van der Waals surface area contributed by atoms with Crippen LogP contribution < -0.4 is 5.73 Å². The first-order valence-electron chi connectivity index (χ1n) is 7.23. The van der Waals surface area contributed by atoms with Gasteiger partial charge in [0, 0.05) is 23.5 Å². The second-order valence-electron chi connectivity index (χ2n) is 5.21. The zero-order valence-corrected chi connectivity index (χ0v) is 15.8. The third-order valence-corrected chi connectivity index (χ3v) is 5.30. The van der Waals surface area contributed by atoms with E-state index in [9.17, 15) is 0 Å². The summed E-state index contributed by atoms with van der Waals surface area (Å²) in [5.74, 6) is 0. The van der Waals surface area contributed by atoms with Crippen LogP contribution in [0.25, 0.3) is 0 Å². The molecule has 0 saturated heterocycles. The number of aromatic nitrogens is 2. The van der Waals surface area contributed by atoms with Gasteiger partial charge in [0.1, 0.15) is 0 Å². The van der Waals surface area contributed by atoms with Crippen molar-refractivity contribution in [3.05, 3.63) is 49.7 Å². The molecule has 1 aromatic heterocycles. The van der Waals surface area contributed by atoms with Crippen LogP contribution in [-0.2, 0) is 19.4 Å². The van der Waals surface area contributed by atoms with Crippen LogP contribution in [0.3, 0.4) is 0 Å². The molecular weight excluding hydrogens is 394 g/mol. The smallest absolute Gasteiger partial charge is 0.0766 e. The summed E-state index contributed by atoms with van der Waals surface area (Å²) in [6, 6.07) is 6.24. The molecule has 5 heteroatoms. The highest BCUT2D eigenvalue weighted by Gasteiger charge is 2.18. The molecule has 114 valence electrons. The highest BCUT2D eigenvalue weighted by Crippen LogP contribution is 2.29. The van der Waals surface area contributed by atoms with Crippen LogP contribution in [0, 0.1) is 6.92 Å². The van der Waals surface area contributed by atoms with Crippen LogP contribution in [0.15, 0.2) is 27.1 Å². The number of hydrogen-bond donors (Lipinski definition) is 1. The monoisotopic (exact) mass is 413 g/mol.